The number of hydrogen-bond acceptors (Lipinski definition) is 3. The zero-order chi connectivity index (χ0) is 13.1. The van der Waals surface area contributed by atoms with Gasteiger partial charge in [-0.1, -0.05) is 18.2 Å². The molecule has 2 rings (SSSR count). The van der Waals surface area contributed by atoms with Crippen LogP contribution < -0.4 is 5.32 Å². The number of hydrogen-bond donors (Lipinski definition) is 2. The number of aliphatic hydroxyl groups excluding tert-OH is 1. The molecule has 3 unspecified atom stereocenters. The highest BCUT2D eigenvalue weighted by atomic mass is 16.3. The quantitative estimate of drug-likeness (QED) is 0.852. The summed E-state index contributed by atoms with van der Waals surface area (Å²) in [5.74, 6) is 0.939. The molecular weight excluding hydrogens is 226 g/mol. The SMILES string of the molecule is CC(O)CC(C)NC(C)c1cc2ccccc2o1. The Balaban J connectivity index is 2.06. The minimum atomic E-state index is -0.282. The summed E-state index contributed by atoms with van der Waals surface area (Å²) in [6, 6.07) is 10.5. The zero-order valence-electron chi connectivity index (χ0n) is 11.2. The molecule has 0 bridgehead atoms. The lowest BCUT2D eigenvalue weighted by Gasteiger charge is -2.19. The van der Waals surface area contributed by atoms with Crippen molar-refractivity contribution < 1.29 is 9.52 Å². The van der Waals surface area contributed by atoms with Crippen LogP contribution in [0.25, 0.3) is 11.0 Å². The molecule has 2 aromatic rings. The summed E-state index contributed by atoms with van der Waals surface area (Å²) in [6.45, 7) is 5.96. The molecule has 0 spiro atoms. The van der Waals surface area contributed by atoms with Crippen LogP contribution in [0, 0.1) is 0 Å². The van der Waals surface area contributed by atoms with Crippen molar-refractivity contribution in [3.8, 4) is 0 Å². The fourth-order valence-electron chi connectivity index (χ4n) is 2.30. The normalized spacial score (nSPS) is 16.7. The summed E-state index contributed by atoms with van der Waals surface area (Å²) in [5, 5.41) is 13.9. The maximum Gasteiger partial charge on any atom is 0.134 e. The molecule has 0 saturated carbocycles. The van der Waals surface area contributed by atoms with E-state index in [9.17, 15) is 5.11 Å². The summed E-state index contributed by atoms with van der Waals surface area (Å²) in [4.78, 5) is 0. The van der Waals surface area contributed by atoms with Gasteiger partial charge in [-0.3, -0.25) is 0 Å². The summed E-state index contributed by atoms with van der Waals surface area (Å²) in [7, 11) is 0. The second-order valence-electron chi connectivity index (χ2n) is 5.06. The van der Waals surface area contributed by atoms with Gasteiger partial charge in [0.15, 0.2) is 0 Å². The van der Waals surface area contributed by atoms with Crippen molar-refractivity contribution in [3.63, 3.8) is 0 Å². The van der Waals surface area contributed by atoms with Crippen molar-refractivity contribution in [3.05, 3.63) is 36.1 Å². The monoisotopic (exact) mass is 247 g/mol. The Bertz CT molecular complexity index is 471. The van der Waals surface area contributed by atoms with Gasteiger partial charge in [0.25, 0.3) is 0 Å². The third kappa shape index (κ3) is 3.12. The first-order valence-electron chi connectivity index (χ1n) is 6.49. The number of fused-ring (bicyclic) bond motifs is 1. The molecule has 1 aromatic carbocycles. The summed E-state index contributed by atoms with van der Waals surface area (Å²) >= 11 is 0. The second-order valence-corrected chi connectivity index (χ2v) is 5.06. The van der Waals surface area contributed by atoms with Gasteiger partial charge in [0.05, 0.1) is 12.1 Å². The number of aliphatic hydroxyl groups is 1. The molecule has 0 saturated heterocycles. The van der Waals surface area contributed by atoms with Gasteiger partial charge >= 0.3 is 0 Å². The van der Waals surface area contributed by atoms with E-state index in [1.807, 2.05) is 31.2 Å². The summed E-state index contributed by atoms with van der Waals surface area (Å²) < 4.78 is 5.81. The Labute approximate surface area is 108 Å². The van der Waals surface area contributed by atoms with E-state index in [1.165, 1.54) is 0 Å². The Morgan fingerprint density at radius 3 is 2.61 bits per heavy atom. The minimum absolute atomic E-state index is 0.145. The van der Waals surface area contributed by atoms with Crippen molar-refractivity contribution >= 4 is 11.0 Å². The highest BCUT2D eigenvalue weighted by Gasteiger charge is 2.14. The third-order valence-electron chi connectivity index (χ3n) is 3.10. The molecule has 0 aliphatic rings. The van der Waals surface area contributed by atoms with E-state index in [2.05, 4.69) is 25.2 Å². The first-order chi connectivity index (χ1) is 8.56. The molecule has 98 valence electrons. The number of furan rings is 1. The average molecular weight is 247 g/mol. The van der Waals surface area contributed by atoms with Crippen LogP contribution >= 0.6 is 0 Å². The van der Waals surface area contributed by atoms with E-state index in [0.29, 0.717) is 0 Å². The first kappa shape index (κ1) is 13.1. The van der Waals surface area contributed by atoms with Crippen LogP contribution in [0.3, 0.4) is 0 Å². The number of rotatable bonds is 5. The van der Waals surface area contributed by atoms with Crippen LogP contribution in [0.1, 0.15) is 39.0 Å². The third-order valence-corrected chi connectivity index (χ3v) is 3.10. The maximum absolute atomic E-state index is 9.36. The van der Waals surface area contributed by atoms with E-state index >= 15 is 0 Å². The molecule has 1 aromatic heterocycles. The van der Waals surface area contributed by atoms with E-state index in [0.717, 1.165) is 23.2 Å². The van der Waals surface area contributed by atoms with Crippen LogP contribution in [0.4, 0.5) is 0 Å². The topological polar surface area (TPSA) is 45.4 Å². The van der Waals surface area contributed by atoms with Crippen LogP contribution in [-0.4, -0.2) is 17.3 Å². The van der Waals surface area contributed by atoms with Gasteiger partial charge in [-0.15, -0.1) is 0 Å². The van der Waals surface area contributed by atoms with Crippen molar-refractivity contribution in [2.75, 3.05) is 0 Å². The van der Waals surface area contributed by atoms with Crippen molar-refractivity contribution in [1.82, 2.24) is 5.32 Å². The molecule has 3 atom stereocenters. The van der Waals surface area contributed by atoms with Gasteiger partial charge in [0.2, 0.25) is 0 Å². The molecule has 1 heterocycles. The van der Waals surface area contributed by atoms with Gasteiger partial charge < -0.3 is 14.8 Å². The summed E-state index contributed by atoms with van der Waals surface area (Å²) in [5.41, 5.74) is 0.921. The Morgan fingerprint density at radius 1 is 1.22 bits per heavy atom. The van der Waals surface area contributed by atoms with Gasteiger partial charge in [-0.2, -0.15) is 0 Å². The van der Waals surface area contributed by atoms with E-state index < -0.39 is 0 Å². The maximum atomic E-state index is 9.36. The van der Waals surface area contributed by atoms with Crippen molar-refractivity contribution in [2.45, 2.75) is 45.4 Å². The molecule has 0 radical (unpaired) electrons. The largest absolute Gasteiger partial charge is 0.459 e. The Kier molecular flexibility index (Phi) is 4.04. The Morgan fingerprint density at radius 2 is 1.94 bits per heavy atom. The highest BCUT2D eigenvalue weighted by molar-refractivity contribution is 5.77. The smallest absolute Gasteiger partial charge is 0.134 e. The fourth-order valence-corrected chi connectivity index (χ4v) is 2.30. The zero-order valence-corrected chi connectivity index (χ0v) is 11.2. The molecule has 0 aliphatic carbocycles. The minimum Gasteiger partial charge on any atom is -0.459 e. The number of benzene rings is 1. The van der Waals surface area contributed by atoms with E-state index in [1.54, 1.807) is 0 Å². The molecule has 3 heteroatoms. The number of para-hydroxylation sites is 1. The molecule has 0 aliphatic heterocycles. The standard InChI is InChI=1S/C15H21NO2/c1-10(8-11(2)17)16-12(3)15-9-13-6-4-5-7-14(13)18-15/h4-7,9-12,16-17H,8H2,1-3H3. The predicted octanol–water partition coefficient (Wildman–Crippen LogP) is 3.24. The molecule has 0 fully saturated rings. The van der Waals surface area contributed by atoms with Gasteiger partial charge in [0.1, 0.15) is 11.3 Å². The fraction of sp³-hybridized carbons (Fsp3) is 0.467. The van der Waals surface area contributed by atoms with Crippen LogP contribution in [0.2, 0.25) is 0 Å². The number of nitrogens with one attached hydrogen (secondary N) is 1. The molecule has 3 nitrogen and oxygen atoms in total. The molecule has 18 heavy (non-hydrogen) atoms. The van der Waals surface area contributed by atoms with Crippen LogP contribution in [-0.2, 0) is 0 Å². The van der Waals surface area contributed by atoms with Crippen molar-refractivity contribution in [2.24, 2.45) is 0 Å². The molecule has 0 amide bonds. The average Bonchev–Trinajstić information content (AvgIpc) is 2.71. The van der Waals surface area contributed by atoms with Gasteiger partial charge in [0, 0.05) is 11.4 Å². The Hall–Kier alpha value is -1.32. The summed E-state index contributed by atoms with van der Waals surface area (Å²) in [6.07, 6.45) is 0.459. The first-order valence-corrected chi connectivity index (χ1v) is 6.49. The second kappa shape index (κ2) is 5.55. The molecular formula is C15H21NO2. The van der Waals surface area contributed by atoms with Crippen LogP contribution in [0.5, 0.6) is 0 Å². The lowest BCUT2D eigenvalue weighted by molar-refractivity contribution is 0.167. The lowest BCUT2D eigenvalue weighted by Crippen LogP contribution is -2.31. The van der Waals surface area contributed by atoms with Crippen LogP contribution in [0.15, 0.2) is 34.7 Å². The predicted molar refractivity (Wildman–Crippen MR) is 73.5 cm³/mol. The van der Waals surface area contributed by atoms with Gasteiger partial charge in [-0.25, -0.2) is 0 Å². The van der Waals surface area contributed by atoms with E-state index in [-0.39, 0.29) is 18.2 Å². The molecule has 2 N–H and O–H groups in total. The van der Waals surface area contributed by atoms with E-state index in [4.69, 9.17) is 4.42 Å². The lowest BCUT2D eigenvalue weighted by atomic mass is 10.1. The van der Waals surface area contributed by atoms with Crippen molar-refractivity contribution in [1.29, 1.82) is 0 Å². The highest BCUT2D eigenvalue weighted by Crippen LogP contribution is 2.24. The van der Waals surface area contributed by atoms with Gasteiger partial charge in [-0.05, 0) is 39.3 Å².